The topological polar surface area (TPSA) is 134 Å². The Labute approximate surface area is 294 Å². The van der Waals surface area contributed by atoms with E-state index in [-0.39, 0.29) is 17.2 Å². The third-order valence-corrected chi connectivity index (χ3v) is 8.72. The number of para-hydroxylation sites is 1. The van der Waals surface area contributed by atoms with E-state index in [9.17, 15) is 24.3 Å². The Hall–Kier alpha value is -6.13. The Morgan fingerprint density at radius 3 is 2.20 bits per heavy atom. The average Bonchev–Trinajstić information content (AvgIpc) is 3.12. The number of carbonyl (C=O) groups is 4. The first kappa shape index (κ1) is 35.2. The minimum Gasteiger partial charge on any atom is -0.493 e. The van der Waals surface area contributed by atoms with E-state index in [2.05, 4.69) is 16.0 Å². The van der Waals surface area contributed by atoms with Crippen LogP contribution in [0.25, 0.3) is 6.08 Å². The van der Waals surface area contributed by atoms with E-state index in [0.29, 0.717) is 39.8 Å². The lowest BCUT2D eigenvalue weighted by Gasteiger charge is -2.19. The number of nitrogens with one attached hydrogen (secondary N) is 3. The number of ether oxygens (including phenoxy) is 1. The summed E-state index contributed by atoms with van der Waals surface area (Å²) in [4.78, 5) is 53.0. The van der Waals surface area contributed by atoms with E-state index in [4.69, 9.17) is 4.74 Å². The maximum atomic E-state index is 13.8. The number of hydrogen-bond donors (Lipinski definition) is 4. The van der Waals surface area contributed by atoms with Crippen LogP contribution in [0.4, 0.5) is 11.4 Å². The van der Waals surface area contributed by atoms with E-state index in [1.54, 1.807) is 79.7 Å². The lowest BCUT2D eigenvalue weighted by molar-refractivity contribution is -0.116. The van der Waals surface area contributed by atoms with Crippen molar-refractivity contribution in [3.05, 3.63) is 161 Å². The molecule has 5 aromatic rings. The van der Waals surface area contributed by atoms with Crippen molar-refractivity contribution in [1.29, 1.82) is 0 Å². The third kappa shape index (κ3) is 9.27. The smallest absolute Gasteiger partial charge is 0.335 e. The Morgan fingerprint density at radius 2 is 1.48 bits per heavy atom. The number of anilines is 2. The number of aryl methyl sites for hydroxylation is 1. The fourth-order valence-electron chi connectivity index (χ4n) is 4.96. The summed E-state index contributed by atoms with van der Waals surface area (Å²) in [5, 5.41) is 17.3. The van der Waals surface area contributed by atoms with Crippen molar-refractivity contribution >= 4 is 52.9 Å². The largest absolute Gasteiger partial charge is 0.493 e. The second-order valence-electron chi connectivity index (χ2n) is 11.1. The van der Waals surface area contributed by atoms with Crippen molar-refractivity contribution in [2.45, 2.75) is 24.0 Å². The summed E-state index contributed by atoms with van der Waals surface area (Å²) in [6.45, 7) is 4.07. The first-order chi connectivity index (χ1) is 24.2. The standard InChI is InChI=1S/C40H35N3O6S/c1-3-49-35-20-11-10-17-29(35)23-34(43-37(44)28-15-8-5-9-16-28)38(45)41-31-18-12-19-32(25-31)50-36(27-13-6-4-7-14-27)39(46)42-33-24-30(40(47)48)22-21-26(33)2/h4-25,36H,3H2,1-2H3,(H,41,45)(H,42,46)(H,43,44)(H,47,48)/b34-23+. The zero-order valence-electron chi connectivity index (χ0n) is 27.4. The van der Waals surface area contributed by atoms with Crippen molar-refractivity contribution in [3.8, 4) is 5.75 Å². The van der Waals surface area contributed by atoms with Crippen LogP contribution in [-0.4, -0.2) is 35.4 Å². The maximum Gasteiger partial charge on any atom is 0.335 e. The van der Waals surface area contributed by atoms with Gasteiger partial charge in [-0.25, -0.2) is 4.79 Å². The summed E-state index contributed by atoms with van der Waals surface area (Å²) in [7, 11) is 0. The van der Waals surface area contributed by atoms with Crippen LogP contribution in [0.1, 0.15) is 49.6 Å². The molecule has 3 amide bonds. The van der Waals surface area contributed by atoms with Crippen molar-refractivity contribution < 1.29 is 29.0 Å². The summed E-state index contributed by atoms with van der Waals surface area (Å²) >= 11 is 1.27. The van der Waals surface area contributed by atoms with E-state index in [1.165, 1.54) is 23.9 Å². The minimum absolute atomic E-state index is 0.00423. The molecule has 0 fully saturated rings. The van der Waals surface area contributed by atoms with Gasteiger partial charge < -0.3 is 25.8 Å². The molecule has 252 valence electrons. The fourth-order valence-corrected chi connectivity index (χ4v) is 6.04. The Kier molecular flexibility index (Phi) is 11.8. The van der Waals surface area contributed by atoms with Gasteiger partial charge in [-0.1, -0.05) is 78.9 Å². The minimum atomic E-state index is -1.09. The molecule has 0 saturated heterocycles. The number of carbonyl (C=O) groups excluding carboxylic acids is 3. The maximum absolute atomic E-state index is 13.8. The second kappa shape index (κ2) is 16.8. The summed E-state index contributed by atoms with van der Waals surface area (Å²) in [5.74, 6) is -1.89. The van der Waals surface area contributed by atoms with Crippen LogP contribution >= 0.6 is 11.8 Å². The lowest BCUT2D eigenvalue weighted by Crippen LogP contribution is -2.30. The lowest BCUT2D eigenvalue weighted by atomic mass is 10.1. The van der Waals surface area contributed by atoms with E-state index < -0.39 is 23.0 Å². The van der Waals surface area contributed by atoms with Crippen LogP contribution in [0.5, 0.6) is 5.75 Å². The molecule has 9 nitrogen and oxygen atoms in total. The van der Waals surface area contributed by atoms with Crippen LogP contribution < -0.4 is 20.7 Å². The Morgan fingerprint density at radius 1 is 0.780 bits per heavy atom. The molecule has 0 aliphatic carbocycles. The molecule has 0 bridgehead atoms. The van der Waals surface area contributed by atoms with Crippen LogP contribution in [0, 0.1) is 6.92 Å². The van der Waals surface area contributed by atoms with Crippen LogP contribution in [-0.2, 0) is 9.59 Å². The van der Waals surface area contributed by atoms with Gasteiger partial charge >= 0.3 is 5.97 Å². The molecule has 10 heteroatoms. The predicted octanol–water partition coefficient (Wildman–Crippen LogP) is 7.97. The van der Waals surface area contributed by atoms with Gasteiger partial charge in [0.1, 0.15) is 16.7 Å². The normalized spacial score (nSPS) is 11.6. The van der Waals surface area contributed by atoms with Crippen molar-refractivity contribution in [3.63, 3.8) is 0 Å². The van der Waals surface area contributed by atoms with Gasteiger partial charge in [-0.2, -0.15) is 0 Å². The van der Waals surface area contributed by atoms with E-state index in [1.807, 2.05) is 55.5 Å². The van der Waals surface area contributed by atoms with Gasteiger partial charge in [-0.3, -0.25) is 14.4 Å². The summed E-state index contributed by atoms with van der Waals surface area (Å²) in [6.07, 6.45) is 1.57. The highest BCUT2D eigenvalue weighted by atomic mass is 32.2. The number of carboxylic acid groups (broad SMARTS) is 1. The summed E-state index contributed by atoms with van der Waals surface area (Å²) < 4.78 is 5.74. The highest BCUT2D eigenvalue weighted by Crippen LogP contribution is 2.37. The molecule has 0 aliphatic rings. The molecule has 1 atom stereocenters. The summed E-state index contributed by atoms with van der Waals surface area (Å²) in [6, 6.07) is 36.6. The van der Waals surface area contributed by atoms with Crippen molar-refractivity contribution in [1.82, 2.24) is 5.32 Å². The van der Waals surface area contributed by atoms with Gasteiger partial charge in [-0.05, 0) is 79.6 Å². The predicted molar refractivity (Wildman–Crippen MR) is 196 cm³/mol. The van der Waals surface area contributed by atoms with Gasteiger partial charge in [0.05, 0.1) is 12.2 Å². The SMILES string of the molecule is CCOc1ccccc1/C=C(/NC(=O)c1ccccc1)C(=O)Nc1cccc(SC(C(=O)Nc2cc(C(=O)O)ccc2C)c2ccccc2)c1. The molecule has 1 unspecified atom stereocenters. The molecular weight excluding hydrogens is 651 g/mol. The van der Waals surface area contributed by atoms with Gasteiger partial charge in [0.15, 0.2) is 0 Å². The quantitative estimate of drug-likeness (QED) is 0.0730. The molecule has 5 aromatic carbocycles. The zero-order valence-corrected chi connectivity index (χ0v) is 28.2. The first-order valence-corrected chi connectivity index (χ1v) is 16.7. The highest BCUT2D eigenvalue weighted by Gasteiger charge is 2.24. The molecular formula is C40H35N3O6S. The van der Waals surface area contributed by atoms with Crippen LogP contribution in [0.3, 0.4) is 0 Å². The monoisotopic (exact) mass is 685 g/mol. The highest BCUT2D eigenvalue weighted by molar-refractivity contribution is 8.00. The van der Waals surface area contributed by atoms with Crippen LogP contribution in [0.2, 0.25) is 0 Å². The molecule has 0 heterocycles. The summed E-state index contributed by atoms with van der Waals surface area (Å²) in [5.41, 5.74) is 3.36. The molecule has 5 rings (SSSR count). The molecule has 50 heavy (non-hydrogen) atoms. The number of amides is 3. The van der Waals surface area contributed by atoms with Crippen LogP contribution in [0.15, 0.2) is 138 Å². The molecule has 0 aromatic heterocycles. The van der Waals surface area contributed by atoms with Gasteiger partial charge in [-0.15, -0.1) is 11.8 Å². The number of carboxylic acids is 1. The first-order valence-electron chi connectivity index (χ1n) is 15.8. The molecule has 0 radical (unpaired) electrons. The second-order valence-corrected chi connectivity index (χ2v) is 12.2. The fraction of sp³-hybridized carbons (Fsp3) is 0.100. The molecule has 0 spiro atoms. The van der Waals surface area contributed by atoms with Gasteiger partial charge in [0, 0.05) is 27.4 Å². The average molecular weight is 686 g/mol. The molecule has 0 aliphatic heterocycles. The zero-order chi connectivity index (χ0) is 35.5. The number of thioether (sulfide) groups is 1. The van der Waals surface area contributed by atoms with Crippen molar-refractivity contribution in [2.75, 3.05) is 17.2 Å². The third-order valence-electron chi connectivity index (χ3n) is 7.48. The van der Waals surface area contributed by atoms with Crippen molar-refractivity contribution in [2.24, 2.45) is 0 Å². The van der Waals surface area contributed by atoms with Gasteiger partial charge in [0.25, 0.3) is 11.8 Å². The number of benzene rings is 5. The number of aromatic carboxylic acids is 1. The Bertz CT molecular complexity index is 2030. The Balaban J connectivity index is 1.41. The van der Waals surface area contributed by atoms with E-state index in [0.717, 1.165) is 11.1 Å². The van der Waals surface area contributed by atoms with Gasteiger partial charge in [0.2, 0.25) is 5.91 Å². The molecule has 0 saturated carbocycles. The molecule has 4 N–H and O–H groups in total. The van der Waals surface area contributed by atoms with E-state index >= 15 is 0 Å². The number of hydrogen-bond acceptors (Lipinski definition) is 6. The number of rotatable bonds is 13.